The largest absolute Gasteiger partial charge is 0.493 e. The molecule has 21 heavy (non-hydrogen) atoms. The highest BCUT2D eigenvalue weighted by Gasteiger charge is 2.35. The summed E-state index contributed by atoms with van der Waals surface area (Å²) in [7, 11) is 0. The summed E-state index contributed by atoms with van der Waals surface area (Å²) in [5.41, 5.74) is 2.80. The third-order valence-corrected chi connectivity index (χ3v) is 4.26. The predicted molar refractivity (Wildman–Crippen MR) is 88.3 cm³/mol. The van der Waals surface area contributed by atoms with Crippen molar-refractivity contribution in [3.63, 3.8) is 0 Å². The average molecular weight is 290 g/mol. The first kappa shape index (κ1) is 16.4. The zero-order valence-corrected chi connectivity index (χ0v) is 14.4. The Morgan fingerprint density at radius 1 is 1.29 bits per heavy atom. The van der Waals surface area contributed by atoms with Crippen molar-refractivity contribution < 1.29 is 9.47 Å². The normalized spacial score (nSPS) is 23.0. The summed E-state index contributed by atoms with van der Waals surface area (Å²) >= 11 is 0. The lowest BCUT2D eigenvalue weighted by Crippen LogP contribution is -2.15. The maximum atomic E-state index is 5.93. The van der Waals surface area contributed by atoms with Gasteiger partial charge in [-0.1, -0.05) is 46.8 Å². The van der Waals surface area contributed by atoms with Crippen LogP contribution in [0.3, 0.4) is 0 Å². The maximum Gasteiger partial charge on any atom is 0.123 e. The van der Waals surface area contributed by atoms with Crippen molar-refractivity contribution in [3.05, 3.63) is 29.3 Å². The van der Waals surface area contributed by atoms with E-state index in [4.69, 9.17) is 9.47 Å². The first-order chi connectivity index (χ1) is 9.82. The van der Waals surface area contributed by atoms with E-state index in [0.717, 1.165) is 25.2 Å². The van der Waals surface area contributed by atoms with E-state index in [1.165, 1.54) is 11.1 Å². The fourth-order valence-corrected chi connectivity index (χ4v) is 2.74. The molecule has 3 atom stereocenters. The van der Waals surface area contributed by atoms with Crippen LogP contribution < -0.4 is 4.74 Å². The van der Waals surface area contributed by atoms with Crippen LogP contribution in [0, 0.1) is 0 Å². The molecule has 2 rings (SSSR count). The quantitative estimate of drug-likeness (QED) is 0.683. The zero-order chi connectivity index (χ0) is 15.6. The number of hydrogen-bond acceptors (Lipinski definition) is 2. The van der Waals surface area contributed by atoms with Crippen LogP contribution in [-0.4, -0.2) is 18.8 Å². The maximum absolute atomic E-state index is 5.93. The molecule has 0 aromatic heterocycles. The first-order valence-corrected chi connectivity index (χ1v) is 8.25. The minimum atomic E-state index is 0.0994. The molecule has 1 aliphatic heterocycles. The summed E-state index contributed by atoms with van der Waals surface area (Å²) in [6.45, 7) is 14.1. The number of ether oxygens (including phenoxy) is 2. The van der Waals surface area contributed by atoms with E-state index in [9.17, 15) is 0 Å². The van der Waals surface area contributed by atoms with Gasteiger partial charge in [-0.05, 0) is 48.3 Å². The Bertz CT molecular complexity index is 473. The fraction of sp³-hybridized carbons (Fsp3) is 0.684. The second-order valence-corrected chi connectivity index (χ2v) is 7.37. The molecule has 118 valence electrons. The Balaban J connectivity index is 2.19. The molecule has 0 spiro atoms. The number of hydrogen-bond donors (Lipinski definition) is 0. The molecule has 0 radical (unpaired) electrons. The van der Waals surface area contributed by atoms with Gasteiger partial charge in [-0.25, -0.2) is 0 Å². The number of benzene rings is 1. The molecule has 3 unspecified atom stereocenters. The smallest absolute Gasteiger partial charge is 0.123 e. The summed E-state index contributed by atoms with van der Waals surface area (Å²) in [4.78, 5) is 0. The van der Waals surface area contributed by atoms with E-state index < -0.39 is 0 Å². The van der Waals surface area contributed by atoms with E-state index in [-0.39, 0.29) is 5.41 Å². The van der Waals surface area contributed by atoms with Gasteiger partial charge in [0, 0.05) is 0 Å². The van der Waals surface area contributed by atoms with E-state index in [2.05, 4.69) is 59.7 Å². The van der Waals surface area contributed by atoms with Crippen molar-refractivity contribution in [3.8, 4) is 5.75 Å². The van der Waals surface area contributed by atoms with Crippen LogP contribution in [0.2, 0.25) is 0 Å². The standard InChI is InChI=1S/C19H30O2/c1-7-10-20-17-9-8-15(12-16(17)19(4,5)6)13(2)11-18-14(3)21-18/h8-9,12-14,18H,7,10-11H2,1-6H3. The van der Waals surface area contributed by atoms with E-state index in [1.807, 2.05) is 0 Å². The molecule has 0 saturated carbocycles. The van der Waals surface area contributed by atoms with E-state index in [1.54, 1.807) is 0 Å². The Morgan fingerprint density at radius 2 is 1.95 bits per heavy atom. The number of epoxide rings is 1. The van der Waals surface area contributed by atoms with Gasteiger partial charge in [-0.2, -0.15) is 0 Å². The van der Waals surface area contributed by atoms with E-state index >= 15 is 0 Å². The van der Waals surface area contributed by atoms with Gasteiger partial charge in [-0.3, -0.25) is 0 Å². The summed E-state index contributed by atoms with van der Waals surface area (Å²) in [5, 5.41) is 0. The lowest BCUT2D eigenvalue weighted by molar-refractivity contribution is 0.308. The van der Waals surface area contributed by atoms with Crippen molar-refractivity contribution in [2.24, 2.45) is 0 Å². The Morgan fingerprint density at radius 3 is 2.48 bits per heavy atom. The SMILES string of the molecule is CCCOc1ccc(C(C)CC2OC2C)cc1C(C)(C)C. The van der Waals surface area contributed by atoms with Crippen molar-refractivity contribution in [2.45, 2.75) is 77.9 Å². The van der Waals surface area contributed by atoms with Crippen LogP contribution in [0.5, 0.6) is 5.75 Å². The molecule has 1 saturated heterocycles. The molecule has 0 N–H and O–H groups in total. The summed E-state index contributed by atoms with van der Waals surface area (Å²) in [6, 6.07) is 6.71. The summed E-state index contributed by atoms with van der Waals surface area (Å²) in [6.07, 6.45) is 3.05. The van der Waals surface area contributed by atoms with Crippen LogP contribution in [0.4, 0.5) is 0 Å². The minimum Gasteiger partial charge on any atom is -0.493 e. The molecule has 1 heterocycles. The van der Waals surface area contributed by atoms with Crippen LogP contribution in [0.15, 0.2) is 18.2 Å². The fourth-order valence-electron chi connectivity index (χ4n) is 2.74. The van der Waals surface area contributed by atoms with Crippen molar-refractivity contribution in [1.29, 1.82) is 0 Å². The topological polar surface area (TPSA) is 21.8 Å². The van der Waals surface area contributed by atoms with Gasteiger partial charge in [0.05, 0.1) is 18.8 Å². The molecule has 0 bridgehead atoms. The van der Waals surface area contributed by atoms with Gasteiger partial charge in [0.2, 0.25) is 0 Å². The molecule has 1 aliphatic rings. The van der Waals surface area contributed by atoms with Gasteiger partial charge >= 0.3 is 0 Å². The summed E-state index contributed by atoms with van der Waals surface area (Å²) in [5.74, 6) is 1.57. The Kier molecular flexibility index (Phi) is 4.98. The Hall–Kier alpha value is -1.02. The highest BCUT2D eigenvalue weighted by Crippen LogP contribution is 2.37. The van der Waals surface area contributed by atoms with Crippen molar-refractivity contribution >= 4 is 0 Å². The lowest BCUT2D eigenvalue weighted by Gasteiger charge is -2.25. The average Bonchev–Trinajstić information content (AvgIpc) is 3.10. The van der Waals surface area contributed by atoms with Gasteiger partial charge < -0.3 is 9.47 Å². The molecule has 1 aromatic carbocycles. The summed E-state index contributed by atoms with van der Waals surface area (Å²) < 4.78 is 11.5. The minimum absolute atomic E-state index is 0.0994. The molecular formula is C19H30O2. The molecular weight excluding hydrogens is 260 g/mol. The third-order valence-electron chi connectivity index (χ3n) is 4.26. The second-order valence-electron chi connectivity index (χ2n) is 7.37. The molecule has 1 fully saturated rings. The lowest BCUT2D eigenvalue weighted by atomic mass is 9.83. The van der Waals surface area contributed by atoms with Crippen molar-refractivity contribution in [1.82, 2.24) is 0 Å². The monoisotopic (exact) mass is 290 g/mol. The molecule has 2 nitrogen and oxygen atoms in total. The van der Waals surface area contributed by atoms with E-state index in [0.29, 0.717) is 18.1 Å². The molecule has 1 aromatic rings. The van der Waals surface area contributed by atoms with Gasteiger partial charge in [0.1, 0.15) is 5.75 Å². The Labute approximate surface area is 129 Å². The van der Waals surface area contributed by atoms with Gasteiger partial charge in [0.25, 0.3) is 0 Å². The highest BCUT2D eigenvalue weighted by molar-refractivity contribution is 5.42. The van der Waals surface area contributed by atoms with Crippen LogP contribution >= 0.6 is 0 Å². The number of rotatable bonds is 6. The van der Waals surface area contributed by atoms with Gasteiger partial charge in [-0.15, -0.1) is 0 Å². The van der Waals surface area contributed by atoms with Crippen LogP contribution in [-0.2, 0) is 10.2 Å². The first-order valence-electron chi connectivity index (χ1n) is 8.25. The third kappa shape index (κ3) is 4.23. The molecule has 0 amide bonds. The zero-order valence-electron chi connectivity index (χ0n) is 14.4. The predicted octanol–water partition coefficient (Wildman–Crippen LogP) is 5.05. The van der Waals surface area contributed by atoms with Gasteiger partial charge in [0.15, 0.2) is 0 Å². The van der Waals surface area contributed by atoms with Crippen LogP contribution in [0.25, 0.3) is 0 Å². The second kappa shape index (κ2) is 6.39. The highest BCUT2D eigenvalue weighted by atomic mass is 16.6. The molecule has 2 heteroatoms. The van der Waals surface area contributed by atoms with Crippen molar-refractivity contribution in [2.75, 3.05) is 6.61 Å². The van der Waals surface area contributed by atoms with Crippen LogP contribution in [0.1, 0.15) is 71.4 Å². The molecule has 0 aliphatic carbocycles.